The first-order chi connectivity index (χ1) is 11.9. The van der Waals surface area contributed by atoms with Gasteiger partial charge in [0.15, 0.2) is 0 Å². The summed E-state index contributed by atoms with van der Waals surface area (Å²) in [5.74, 6) is 0.560. The van der Waals surface area contributed by atoms with Crippen molar-refractivity contribution in [2.75, 3.05) is 13.1 Å². The Morgan fingerprint density at radius 2 is 2.08 bits per heavy atom. The minimum absolute atomic E-state index is 0.00190. The maximum atomic E-state index is 12.9. The van der Waals surface area contributed by atoms with Crippen LogP contribution in [0.2, 0.25) is 0 Å². The van der Waals surface area contributed by atoms with Gasteiger partial charge >= 0.3 is 0 Å². The largest absolute Gasteiger partial charge is 0.346 e. The summed E-state index contributed by atoms with van der Waals surface area (Å²) in [4.78, 5) is 16.1. The second kappa shape index (κ2) is 5.82. The van der Waals surface area contributed by atoms with E-state index in [9.17, 15) is 10.1 Å². The molecule has 1 atom stereocenters. The van der Waals surface area contributed by atoms with Crippen LogP contribution in [0.5, 0.6) is 0 Å². The second-order valence-corrected chi connectivity index (χ2v) is 8.88. The lowest BCUT2D eigenvalue weighted by Crippen LogP contribution is -2.69. The van der Waals surface area contributed by atoms with Gasteiger partial charge in [-0.2, -0.15) is 5.26 Å². The molecule has 0 unspecified atom stereocenters. The monoisotopic (exact) mass is 353 g/mol. The van der Waals surface area contributed by atoms with Gasteiger partial charge in [0, 0.05) is 11.6 Å². The molecular weight excluding hydrogens is 330 g/mol. The van der Waals surface area contributed by atoms with E-state index in [4.69, 9.17) is 0 Å². The van der Waals surface area contributed by atoms with Gasteiger partial charge in [-0.1, -0.05) is 12.1 Å². The first-order valence-electron chi connectivity index (χ1n) is 8.91. The molecular formula is C20H23N3OS. The molecule has 4 heterocycles. The van der Waals surface area contributed by atoms with E-state index < -0.39 is 0 Å². The number of carbonyl (C=O) groups is 1. The maximum Gasteiger partial charge on any atom is 0.261 e. The Bertz CT molecular complexity index is 884. The van der Waals surface area contributed by atoms with E-state index in [2.05, 4.69) is 30.1 Å². The van der Waals surface area contributed by atoms with Crippen molar-refractivity contribution in [3.8, 4) is 6.07 Å². The lowest BCUT2D eigenvalue weighted by Gasteiger charge is -2.56. The molecule has 5 rings (SSSR count). The summed E-state index contributed by atoms with van der Waals surface area (Å²) in [6.45, 7) is 8.69. The van der Waals surface area contributed by atoms with Crippen molar-refractivity contribution in [2.24, 2.45) is 5.92 Å². The Labute approximate surface area is 152 Å². The molecule has 0 radical (unpaired) electrons. The van der Waals surface area contributed by atoms with Gasteiger partial charge in [-0.3, -0.25) is 9.69 Å². The fourth-order valence-electron chi connectivity index (χ4n) is 4.54. The third-order valence-corrected chi connectivity index (χ3v) is 7.27. The molecule has 130 valence electrons. The number of hydrogen-bond acceptors (Lipinski definition) is 4. The van der Waals surface area contributed by atoms with Crippen molar-refractivity contribution >= 4 is 27.3 Å². The molecule has 4 nitrogen and oxygen atoms in total. The summed E-state index contributed by atoms with van der Waals surface area (Å²) >= 11 is 1.43. The Morgan fingerprint density at radius 1 is 1.36 bits per heavy atom. The minimum Gasteiger partial charge on any atom is -0.346 e. The smallest absolute Gasteiger partial charge is 0.261 e. The van der Waals surface area contributed by atoms with E-state index in [0.717, 1.165) is 28.7 Å². The van der Waals surface area contributed by atoms with Gasteiger partial charge in [-0.15, -0.1) is 11.3 Å². The molecule has 3 aliphatic rings. The van der Waals surface area contributed by atoms with Gasteiger partial charge < -0.3 is 5.32 Å². The van der Waals surface area contributed by atoms with Crippen LogP contribution in [0.1, 0.15) is 47.5 Å². The van der Waals surface area contributed by atoms with Gasteiger partial charge in [0.1, 0.15) is 6.07 Å². The number of carbonyl (C=O) groups excluding carboxylic acids is 1. The molecule has 25 heavy (non-hydrogen) atoms. The first kappa shape index (κ1) is 16.6. The van der Waals surface area contributed by atoms with Crippen molar-refractivity contribution < 1.29 is 4.79 Å². The normalized spacial score (nSPS) is 27.2. The van der Waals surface area contributed by atoms with Crippen molar-refractivity contribution in [1.82, 2.24) is 10.2 Å². The summed E-state index contributed by atoms with van der Waals surface area (Å²) in [5.41, 5.74) is 1.65. The quantitative estimate of drug-likeness (QED) is 0.896. The van der Waals surface area contributed by atoms with Crippen LogP contribution in [0.25, 0.3) is 10.1 Å². The number of fused-ring (bicyclic) bond motifs is 4. The topological polar surface area (TPSA) is 56.1 Å². The maximum absolute atomic E-state index is 12.9. The molecule has 1 aromatic heterocycles. The summed E-state index contributed by atoms with van der Waals surface area (Å²) < 4.78 is 0.917. The van der Waals surface area contributed by atoms with Gasteiger partial charge in [-0.05, 0) is 69.6 Å². The fraction of sp³-hybridized carbons (Fsp3) is 0.500. The molecule has 2 bridgehead atoms. The van der Waals surface area contributed by atoms with E-state index in [1.165, 1.54) is 24.2 Å². The highest BCUT2D eigenvalue weighted by atomic mass is 32.1. The van der Waals surface area contributed by atoms with Crippen molar-refractivity contribution in [3.05, 3.63) is 34.2 Å². The first-order valence-corrected chi connectivity index (χ1v) is 9.72. The third kappa shape index (κ3) is 2.56. The summed E-state index contributed by atoms with van der Waals surface area (Å²) in [6, 6.07) is 8.33. The Balaban J connectivity index is 1.64. The van der Waals surface area contributed by atoms with Crippen molar-refractivity contribution in [3.63, 3.8) is 0 Å². The van der Waals surface area contributed by atoms with Crippen LogP contribution in [0.3, 0.4) is 0 Å². The summed E-state index contributed by atoms with van der Waals surface area (Å²) in [7, 11) is 0. The molecule has 5 heteroatoms. The highest BCUT2D eigenvalue weighted by Gasteiger charge is 2.48. The van der Waals surface area contributed by atoms with E-state index in [1.807, 2.05) is 25.1 Å². The molecule has 3 fully saturated rings. The number of benzene rings is 1. The fourth-order valence-corrected chi connectivity index (χ4v) is 5.65. The number of nitrogens with zero attached hydrogens (tertiary/aromatic N) is 2. The summed E-state index contributed by atoms with van der Waals surface area (Å²) in [5, 5.41) is 13.7. The van der Waals surface area contributed by atoms with Gasteiger partial charge in [0.05, 0.1) is 15.1 Å². The molecule has 0 saturated carbocycles. The second-order valence-electron chi connectivity index (χ2n) is 7.83. The SMILES string of the molecule is Cc1ccc2cc(C(=O)N[C@@H]3C4CCN(CC4)C3(C)C)sc2c1C#N. The molecule has 3 saturated heterocycles. The molecule has 1 aromatic carbocycles. The van der Waals surface area contributed by atoms with Crippen LogP contribution in [0.4, 0.5) is 0 Å². The Kier molecular flexibility index (Phi) is 3.86. The lowest BCUT2D eigenvalue weighted by molar-refractivity contribution is -0.0377. The van der Waals surface area contributed by atoms with Crippen LogP contribution in [-0.2, 0) is 0 Å². The number of aryl methyl sites for hydroxylation is 1. The number of hydrogen-bond donors (Lipinski definition) is 1. The summed E-state index contributed by atoms with van der Waals surface area (Å²) in [6.07, 6.45) is 2.33. The number of amides is 1. The molecule has 3 aliphatic heterocycles. The zero-order valence-corrected chi connectivity index (χ0v) is 15.7. The molecule has 0 spiro atoms. The average Bonchev–Trinajstić information content (AvgIpc) is 3.02. The molecule has 1 amide bonds. The van der Waals surface area contributed by atoms with Gasteiger partial charge in [0.2, 0.25) is 0 Å². The number of piperidine rings is 3. The lowest BCUT2D eigenvalue weighted by atomic mass is 9.72. The molecule has 1 N–H and O–H groups in total. The molecule has 0 aliphatic carbocycles. The number of thiophene rings is 1. The van der Waals surface area contributed by atoms with Crippen LogP contribution in [-0.4, -0.2) is 35.5 Å². The van der Waals surface area contributed by atoms with Crippen molar-refractivity contribution in [2.45, 2.75) is 45.2 Å². The zero-order chi connectivity index (χ0) is 17.8. The zero-order valence-electron chi connectivity index (χ0n) is 14.9. The number of nitriles is 1. The van der Waals surface area contributed by atoms with Crippen LogP contribution in [0, 0.1) is 24.2 Å². The van der Waals surface area contributed by atoms with Gasteiger partial charge in [-0.25, -0.2) is 0 Å². The average molecular weight is 353 g/mol. The minimum atomic E-state index is -0.00503. The number of rotatable bonds is 2. The Morgan fingerprint density at radius 3 is 2.72 bits per heavy atom. The standard InChI is InChI=1S/C20H23N3OS/c1-12-4-5-14-10-16(25-17(14)15(12)11-21)19(24)22-18-13-6-8-23(9-7-13)20(18,2)3/h4-5,10,13,18H,6-9H2,1-3H3,(H,22,24)/t18-/m1/s1. The Hall–Kier alpha value is -1.90. The van der Waals surface area contributed by atoms with Crippen LogP contribution in [0.15, 0.2) is 18.2 Å². The van der Waals surface area contributed by atoms with E-state index in [-0.39, 0.29) is 17.5 Å². The third-order valence-electron chi connectivity index (χ3n) is 6.10. The number of nitrogens with one attached hydrogen (secondary N) is 1. The van der Waals surface area contributed by atoms with E-state index in [0.29, 0.717) is 16.4 Å². The van der Waals surface area contributed by atoms with E-state index in [1.54, 1.807) is 0 Å². The van der Waals surface area contributed by atoms with Gasteiger partial charge in [0.25, 0.3) is 5.91 Å². The van der Waals surface area contributed by atoms with Crippen molar-refractivity contribution in [1.29, 1.82) is 5.26 Å². The van der Waals surface area contributed by atoms with Crippen LogP contribution < -0.4 is 5.32 Å². The van der Waals surface area contributed by atoms with E-state index >= 15 is 0 Å². The predicted molar refractivity (Wildman–Crippen MR) is 101 cm³/mol. The van der Waals surface area contributed by atoms with Crippen LogP contribution >= 0.6 is 11.3 Å². The predicted octanol–water partition coefficient (Wildman–Crippen LogP) is 3.68. The highest BCUT2D eigenvalue weighted by molar-refractivity contribution is 7.21. The molecule has 2 aromatic rings. The highest BCUT2D eigenvalue weighted by Crippen LogP contribution is 2.39.